The molecule has 2 N–H and O–H groups in total. The van der Waals surface area contributed by atoms with Crippen molar-refractivity contribution in [2.24, 2.45) is 11.8 Å². The second-order valence-electron chi connectivity index (χ2n) is 6.63. The summed E-state index contributed by atoms with van der Waals surface area (Å²) in [6.45, 7) is 3.81. The minimum Gasteiger partial charge on any atom is -0.497 e. The van der Waals surface area contributed by atoms with Crippen LogP contribution in [-0.2, 0) is 9.59 Å². The van der Waals surface area contributed by atoms with Gasteiger partial charge in [0.2, 0.25) is 16.9 Å². The van der Waals surface area contributed by atoms with Crippen molar-refractivity contribution in [2.75, 3.05) is 12.4 Å². The van der Waals surface area contributed by atoms with Gasteiger partial charge in [0.25, 0.3) is 0 Å². The van der Waals surface area contributed by atoms with E-state index in [0.717, 1.165) is 24.2 Å². The van der Waals surface area contributed by atoms with Gasteiger partial charge in [-0.2, -0.15) is 0 Å². The number of hydrogen-bond acceptors (Lipinski definition) is 6. The number of carbonyl (C=O) groups excluding carboxylic acids is 2. The van der Waals surface area contributed by atoms with Crippen LogP contribution in [0.4, 0.5) is 5.13 Å². The van der Waals surface area contributed by atoms with E-state index in [1.165, 1.54) is 11.3 Å². The van der Waals surface area contributed by atoms with Crippen LogP contribution in [0.15, 0.2) is 24.3 Å². The zero-order valence-corrected chi connectivity index (χ0v) is 15.8. The molecular formula is C18H22N4O3S. The number of benzene rings is 1. The number of ether oxygens (including phenoxy) is 1. The molecule has 1 atom stereocenters. The molecule has 2 amide bonds. The van der Waals surface area contributed by atoms with Gasteiger partial charge in [-0.05, 0) is 43.0 Å². The molecule has 1 aromatic carbocycles. The predicted molar refractivity (Wildman–Crippen MR) is 100 cm³/mol. The Kier molecular flexibility index (Phi) is 5.51. The van der Waals surface area contributed by atoms with Gasteiger partial charge in [0.05, 0.1) is 7.11 Å². The summed E-state index contributed by atoms with van der Waals surface area (Å²) in [4.78, 5) is 24.6. The van der Waals surface area contributed by atoms with Gasteiger partial charge in [0.15, 0.2) is 0 Å². The molecule has 7 nitrogen and oxygen atoms in total. The standard InChI is InChI=1S/C18H22N4O3S/c1-10(2)14(19-15(23)11-4-5-11)16(24)20-18-22-21-17(26-18)12-6-8-13(25-3)9-7-12/h6-11,14H,4-5H2,1-3H3,(H,19,23)(H,20,22,24). The smallest absolute Gasteiger partial charge is 0.249 e. The van der Waals surface area contributed by atoms with E-state index >= 15 is 0 Å². The number of methoxy groups -OCH3 is 1. The third kappa shape index (κ3) is 4.37. The van der Waals surface area contributed by atoms with Gasteiger partial charge >= 0.3 is 0 Å². The molecule has 1 heterocycles. The van der Waals surface area contributed by atoms with Crippen LogP contribution >= 0.6 is 11.3 Å². The predicted octanol–water partition coefficient (Wildman–Crippen LogP) is 2.70. The molecule has 26 heavy (non-hydrogen) atoms. The van der Waals surface area contributed by atoms with Crippen molar-refractivity contribution in [1.29, 1.82) is 0 Å². The largest absolute Gasteiger partial charge is 0.497 e. The average Bonchev–Trinajstić information content (AvgIpc) is 3.39. The Morgan fingerprint density at radius 1 is 1.19 bits per heavy atom. The zero-order valence-electron chi connectivity index (χ0n) is 15.0. The van der Waals surface area contributed by atoms with Gasteiger partial charge in [-0.25, -0.2) is 0 Å². The molecule has 8 heteroatoms. The number of nitrogens with zero attached hydrogens (tertiary/aromatic N) is 2. The van der Waals surface area contributed by atoms with Crippen molar-refractivity contribution in [3.8, 4) is 16.3 Å². The number of hydrogen-bond donors (Lipinski definition) is 2. The fraction of sp³-hybridized carbons (Fsp3) is 0.444. The van der Waals surface area contributed by atoms with E-state index in [1.807, 2.05) is 38.1 Å². The second-order valence-corrected chi connectivity index (χ2v) is 7.61. The highest BCUT2D eigenvalue weighted by molar-refractivity contribution is 7.18. The Morgan fingerprint density at radius 3 is 2.46 bits per heavy atom. The van der Waals surface area contributed by atoms with Crippen LogP contribution in [0.1, 0.15) is 26.7 Å². The summed E-state index contributed by atoms with van der Waals surface area (Å²) >= 11 is 1.29. The molecule has 0 aliphatic heterocycles. The van der Waals surface area contributed by atoms with Crippen LogP contribution in [-0.4, -0.2) is 35.2 Å². The average molecular weight is 374 g/mol. The lowest BCUT2D eigenvalue weighted by Crippen LogP contribution is -2.47. The van der Waals surface area contributed by atoms with Crippen LogP contribution in [0.5, 0.6) is 5.75 Å². The molecule has 2 aromatic rings. The van der Waals surface area contributed by atoms with Crippen molar-refractivity contribution in [2.45, 2.75) is 32.7 Å². The van der Waals surface area contributed by atoms with E-state index in [0.29, 0.717) is 10.1 Å². The number of rotatable bonds is 7. The summed E-state index contributed by atoms with van der Waals surface area (Å²) < 4.78 is 5.14. The van der Waals surface area contributed by atoms with Gasteiger partial charge in [-0.3, -0.25) is 14.9 Å². The summed E-state index contributed by atoms with van der Waals surface area (Å²) in [5.41, 5.74) is 0.895. The normalized spacial score (nSPS) is 14.8. The monoisotopic (exact) mass is 374 g/mol. The summed E-state index contributed by atoms with van der Waals surface area (Å²) in [5, 5.41) is 14.9. The summed E-state index contributed by atoms with van der Waals surface area (Å²) in [6.07, 6.45) is 1.81. The lowest BCUT2D eigenvalue weighted by molar-refractivity contribution is -0.128. The van der Waals surface area contributed by atoms with Crippen molar-refractivity contribution < 1.29 is 14.3 Å². The number of carbonyl (C=O) groups is 2. The molecule has 0 spiro atoms. The van der Waals surface area contributed by atoms with E-state index in [1.54, 1.807) is 7.11 Å². The highest BCUT2D eigenvalue weighted by Crippen LogP contribution is 2.30. The van der Waals surface area contributed by atoms with Gasteiger partial charge in [-0.1, -0.05) is 25.2 Å². The van der Waals surface area contributed by atoms with Gasteiger partial charge in [0.1, 0.15) is 16.8 Å². The summed E-state index contributed by atoms with van der Waals surface area (Å²) in [6, 6.07) is 6.88. The minimum absolute atomic E-state index is 0.0216. The van der Waals surface area contributed by atoms with Crippen molar-refractivity contribution >= 4 is 28.3 Å². The topological polar surface area (TPSA) is 93.2 Å². The molecule has 0 radical (unpaired) electrons. The van der Waals surface area contributed by atoms with Crippen LogP contribution in [0, 0.1) is 11.8 Å². The maximum Gasteiger partial charge on any atom is 0.249 e. The second kappa shape index (κ2) is 7.82. The Balaban J connectivity index is 1.66. The highest BCUT2D eigenvalue weighted by Gasteiger charge is 2.33. The van der Waals surface area contributed by atoms with E-state index in [9.17, 15) is 9.59 Å². The molecule has 0 bridgehead atoms. The van der Waals surface area contributed by atoms with Crippen LogP contribution in [0.25, 0.3) is 10.6 Å². The van der Waals surface area contributed by atoms with E-state index < -0.39 is 6.04 Å². The van der Waals surface area contributed by atoms with Gasteiger partial charge < -0.3 is 10.1 Å². The van der Waals surface area contributed by atoms with Crippen molar-refractivity contribution in [3.05, 3.63) is 24.3 Å². The molecule has 1 saturated carbocycles. The first kappa shape index (κ1) is 18.3. The molecule has 3 rings (SSSR count). The van der Waals surface area contributed by atoms with Gasteiger partial charge in [-0.15, -0.1) is 10.2 Å². The Morgan fingerprint density at radius 2 is 1.88 bits per heavy atom. The van der Waals surface area contributed by atoms with E-state index in [4.69, 9.17) is 4.74 Å². The van der Waals surface area contributed by atoms with Crippen molar-refractivity contribution in [1.82, 2.24) is 15.5 Å². The molecule has 1 aliphatic rings. The summed E-state index contributed by atoms with van der Waals surface area (Å²) in [5.74, 6) is 0.485. The number of nitrogens with one attached hydrogen (secondary N) is 2. The highest BCUT2D eigenvalue weighted by atomic mass is 32.1. The van der Waals surface area contributed by atoms with Crippen LogP contribution < -0.4 is 15.4 Å². The first-order valence-corrected chi connectivity index (χ1v) is 9.38. The quantitative estimate of drug-likeness (QED) is 0.777. The fourth-order valence-electron chi connectivity index (χ4n) is 2.46. The minimum atomic E-state index is -0.587. The SMILES string of the molecule is COc1ccc(-c2nnc(NC(=O)C(NC(=O)C3CC3)C(C)C)s2)cc1. The molecule has 1 unspecified atom stereocenters. The number of anilines is 1. The lowest BCUT2D eigenvalue weighted by atomic mass is 10.0. The maximum absolute atomic E-state index is 12.6. The lowest BCUT2D eigenvalue weighted by Gasteiger charge is -2.20. The maximum atomic E-state index is 12.6. The zero-order chi connectivity index (χ0) is 18.7. The van der Waals surface area contributed by atoms with Crippen LogP contribution in [0.3, 0.4) is 0 Å². The Labute approximate surface area is 156 Å². The van der Waals surface area contributed by atoms with Gasteiger partial charge in [0, 0.05) is 11.5 Å². The van der Waals surface area contributed by atoms with E-state index in [-0.39, 0.29) is 23.7 Å². The molecule has 0 saturated heterocycles. The first-order chi connectivity index (χ1) is 12.5. The third-order valence-electron chi connectivity index (χ3n) is 4.19. The molecular weight excluding hydrogens is 352 g/mol. The number of amides is 2. The summed E-state index contributed by atoms with van der Waals surface area (Å²) in [7, 11) is 1.61. The number of aromatic nitrogens is 2. The van der Waals surface area contributed by atoms with E-state index in [2.05, 4.69) is 20.8 Å². The third-order valence-corrected chi connectivity index (χ3v) is 5.07. The molecule has 1 aliphatic carbocycles. The van der Waals surface area contributed by atoms with Crippen molar-refractivity contribution in [3.63, 3.8) is 0 Å². The fourth-order valence-corrected chi connectivity index (χ4v) is 3.21. The Bertz CT molecular complexity index is 784. The Hall–Kier alpha value is -2.48. The molecule has 1 aromatic heterocycles. The van der Waals surface area contributed by atoms with Crippen LogP contribution in [0.2, 0.25) is 0 Å². The molecule has 1 fully saturated rings. The first-order valence-electron chi connectivity index (χ1n) is 8.57. The molecule has 138 valence electrons.